The molecule has 78 valence electrons. The van der Waals surface area contributed by atoms with E-state index in [1.165, 1.54) is 13.8 Å². The van der Waals surface area contributed by atoms with Gasteiger partial charge in [0.25, 0.3) is 0 Å². The molecule has 0 saturated heterocycles. The largest absolute Gasteiger partial charge is 0.453 e. The first-order valence-electron chi connectivity index (χ1n) is 3.75. The van der Waals surface area contributed by atoms with E-state index in [1.807, 2.05) is 0 Å². The van der Waals surface area contributed by atoms with Crippen molar-refractivity contribution >= 4 is 5.97 Å². The molecule has 0 radical (unpaired) electrons. The maximum absolute atomic E-state index is 10.6. The fourth-order valence-electron chi connectivity index (χ4n) is 0.996. The van der Waals surface area contributed by atoms with E-state index < -0.39 is 23.5 Å². The Morgan fingerprint density at radius 3 is 1.69 bits per heavy atom. The fourth-order valence-corrected chi connectivity index (χ4v) is 0.996. The number of carbonyl (C=O) groups excluding carboxylic acids is 1. The highest BCUT2D eigenvalue weighted by molar-refractivity contribution is 5.66. The number of aliphatic hydroxyl groups is 2. The smallest absolute Gasteiger partial charge is 0.303 e. The van der Waals surface area contributed by atoms with Crippen molar-refractivity contribution in [1.29, 1.82) is 0 Å². The molecule has 6 N–H and O–H groups in total. The average molecular weight is 192 g/mol. The lowest BCUT2D eigenvalue weighted by atomic mass is 10.0. The minimum atomic E-state index is -1.88. The maximum atomic E-state index is 10.6. The van der Waals surface area contributed by atoms with Gasteiger partial charge in [0.1, 0.15) is 0 Å². The zero-order valence-electron chi connectivity index (χ0n) is 7.94. The van der Waals surface area contributed by atoms with Crippen LogP contribution in [0.5, 0.6) is 0 Å². The highest BCUT2D eigenvalue weighted by Crippen LogP contribution is 2.16. The minimum absolute atomic E-state index is 0.679. The molecule has 2 atom stereocenters. The lowest BCUT2D eigenvalue weighted by Crippen LogP contribution is -2.64. The van der Waals surface area contributed by atoms with Crippen molar-refractivity contribution in [2.75, 3.05) is 0 Å². The van der Waals surface area contributed by atoms with Crippen LogP contribution in [0.4, 0.5) is 0 Å². The minimum Gasteiger partial charge on any atom is -0.453 e. The quantitative estimate of drug-likeness (QED) is 0.311. The summed E-state index contributed by atoms with van der Waals surface area (Å²) in [6.07, 6.45) is -1.38. The van der Waals surface area contributed by atoms with Crippen LogP contribution in [0, 0.1) is 0 Å². The van der Waals surface area contributed by atoms with E-state index >= 15 is 0 Å². The van der Waals surface area contributed by atoms with Crippen LogP contribution in [0.2, 0.25) is 0 Å². The molecule has 0 aliphatic heterocycles. The third-order valence-electron chi connectivity index (χ3n) is 1.35. The summed E-state index contributed by atoms with van der Waals surface area (Å²) in [5, 5.41) is 18.6. The molecule has 0 fully saturated rings. The molecule has 0 aromatic carbocycles. The van der Waals surface area contributed by atoms with Crippen LogP contribution in [0.25, 0.3) is 0 Å². The van der Waals surface area contributed by atoms with Gasteiger partial charge in [-0.05, 0) is 13.8 Å². The van der Waals surface area contributed by atoms with Crippen molar-refractivity contribution in [3.05, 3.63) is 0 Å². The molecular weight excluding hydrogens is 176 g/mol. The first-order valence-corrected chi connectivity index (χ1v) is 3.75. The van der Waals surface area contributed by atoms with E-state index in [-0.39, 0.29) is 0 Å². The Morgan fingerprint density at radius 1 is 1.31 bits per heavy atom. The van der Waals surface area contributed by atoms with E-state index in [2.05, 4.69) is 4.74 Å². The van der Waals surface area contributed by atoms with Crippen LogP contribution in [0.3, 0.4) is 0 Å². The van der Waals surface area contributed by atoms with Crippen LogP contribution in [-0.4, -0.2) is 33.7 Å². The standard InChI is InChI=1S/C7H16N2O4/c1-4(10)13-5(6(2,8)11)7(3,9)12/h5,11-12H,8-9H2,1-3H3. The number of ether oxygens (including phenoxy) is 1. The number of rotatable bonds is 3. The van der Waals surface area contributed by atoms with Crippen LogP contribution in [-0.2, 0) is 9.53 Å². The molecular formula is C7H16N2O4. The third-order valence-corrected chi connectivity index (χ3v) is 1.35. The number of hydrogen-bond donors (Lipinski definition) is 4. The third kappa shape index (κ3) is 4.18. The number of hydrogen-bond acceptors (Lipinski definition) is 6. The van der Waals surface area contributed by atoms with Crippen molar-refractivity contribution in [3.63, 3.8) is 0 Å². The lowest BCUT2D eigenvalue weighted by molar-refractivity contribution is -0.192. The molecule has 0 amide bonds. The first-order chi connectivity index (χ1) is 5.55. The molecule has 0 aliphatic rings. The van der Waals surface area contributed by atoms with Crippen molar-refractivity contribution < 1.29 is 19.7 Å². The topological polar surface area (TPSA) is 119 Å². The zero-order valence-corrected chi connectivity index (χ0v) is 7.94. The highest BCUT2D eigenvalue weighted by Gasteiger charge is 2.42. The number of esters is 1. The summed E-state index contributed by atoms with van der Waals surface area (Å²) < 4.78 is 4.59. The van der Waals surface area contributed by atoms with E-state index in [0.29, 0.717) is 0 Å². The zero-order chi connectivity index (χ0) is 10.9. The van der Waals surface area contributed by atoms with Crippen molar-refractivity contribution in [1.82, 2.24) is 0 Å². The second-order valence-corrected chi connectivity index (χ2v) is 3.44. The molecule has 2 unspecified atom stereocenters. The predicted molar refractivity (Wildman–Crippen MR) is 45.2 cm³/mol. The van der Waals surface area contributed by atoms with Gasteiger partial charge in [-0.1, -0.05) is 0 Å². The summed E-state index contributed by atoms with van der Waals surface area (Å²) in [6, 6.07) is 0. The first kappa shape index (κ1) is 12.3. The molecule has 0 spiro atoms. The van der Waals surface area contributed by atoms with Gasteiger partial charge >= 0.3 is 5.97 Å². The van der Waals surface area contributed by atoms with Gasteiger partial charge in [-0.3, -0.25) is 4.79 Å². The van der Waals surface area contributed by atoms with E-state index in [4.69, 9.17) is 11.5 Å². The van der Waals surface area contributed by atoms with Gasteiger partial charge in [-0.2, -0.15) is 0 Å². The van der Waals surface area contributed by atoms with Gasteiger partial charge in [0.15, 0.2) is 17.6 Å². The van der Waals surface area contributed by atoms with E-state index in [9.17, 15) is 15.0 Å². The molecule has 0 heterocycles. The molecule has 0 rings (SSSR count). The summed E-state index contributed by atoms with van der Waals surface area (Å²) in [5.41, 5.74) is 6.73. The monoisotopic (exact) mass is 192 g/mol. The van der Waals surface area contributed by atoms with Crippen LogP contribution >= 0.6 is 0 Å². The Kier molecular flexibility index (Phi) is 3.40. The van der Waals surface area contributed by atoms with Gasteiger partial charge in [0.05, 0.1) is 0 Å². The van der Waals surface area contributed by atoms with Crippen LogP contribution in [0.1, 0.15) is 20.8 Å². The molecule has 6 heteroatoms. The summed E-state index contributed by atoms with van der Waals surface area (Å²) >= 11 is 0. The Hall–Kier alpha value is -0.690. The maximum Gasteiger partial charge on any atom is 0.303 e. The Bertz CT molecular complexity index is 178. The highest BCUT2D eigenvalue weighted by atomic mass is 16.6. The van der Waals surface area contributed by atoms with Crippen molar-refractivity contribution in [2.45, 2.75) is 38.3 Å². The summed E-state index contributed by atoms with van der Waals surface area (Å²) in [5.74, 6) is -0.679. The molecule has 0 bridgehead atoms. The van der Waals surface area contributed by atoms with Crippen molar-refractivity contribution in [3.8, 4) is 0 Å². The lowest BCUT2D eigenvalue weighted by Gasteiger charge is -2.36. The van der Waals surface area contributed by atoms with Crippen LogP contribution in [0.15, 0.2) is 0 Å². The fraction of sp³-hybridized carbons (Fsp3) is 0.857. The van der Waals surface area contributed by atoms with Gasteiger partial charge in [-0.15, -0.1) is 0 Å². The predicted octanol–water partition coefficient (Wildman–Crippen LogP) is -1.75. The Morgan fingerprint density at radius 2 is 1.62 bits per heavy atom. The van der Waals surface area contributed by atoms with Gasteiger partial charge in [0.2, 0.25) is 0 Å². The van der Waals surface area contributed by atoms with Gasteiger partial charge in [-0.25, -0.2) is 0 Å². The Balaban J connectivity index is 4.68. The van der Waals surface area contributed by atoms with Crippen LogP contribution < -0.4 is 11.5 Å². The van der Waals surface area contributed by atoms with Gasteiger partial charge < -0.3 is 26.4 Å². The normalized spacial score (nSPS) is 22.7. The number of nitrogens with two attached hydrogens (primary N) is 2. The van der Waals surface area contributed by atoms with Crippen molar-refractivity contribution in [2.24, 2.45) is 11.5 Å². The summed E-state index contributed by atoms with van der Waals surface area (Å²) in [7, 11) is 0. The second-order valence-electron chi connectivity index (χ2n) is 3.44. The molecule has 0 saturated carbocycles. The molecule has 6 nitrogen and oxygen atoms in total. The molecule has 0 aromatic rings. The Labute approximate surface area is 76.5 Å². The molecule has 0 aromatic heterocycles. The van der Waals surface area contributed by atoms with E-state index in [1.54, 1.807) is 0 Å². The average Bonchev–Trinajstić information content (AvgIpc) is 1.77. The number of carbonyl (C=O) groups is 1. The summed E-state index contributed by atoms with van der Waals surface area (Å²) in [4.78, 5) is 10.6. The molecule has 0 aliphatic carbocycles. The SMILES string of the molecule is CC(=O)OC(C(C)(N)O)C(C)(N)O. The summed E-state index contributed by atoms with van der Waals surface area (Å²) in [6.45, 7) is 3.49. The molecule has 13 heavy (non-hydrogen) atoms. The van der Waals surface area contributed by atoms with E-state index in [0.717, 1.165) is 6.92 Å². The van der Waals surface area contributed by atoms with Gasteiger partial charge in [0, 0.05) is 6.92 Å². The second kappa shape index (κ2) is 3.59.